The Hall–Kier alpha value is -2.02. The van der Waals surface area contributed by atoms with Crippen LogP contribution in [0.2, 0.25) is 0 Å². The van der Waals surface area contributed by atoms with Crippen molar-refractivity contribution in [3.8, 4) is 5.75 Å². The summed E-state index contributed by atoms with van der Waals surface area (Å²) in [6, 6.07) is 12.5. The monoisotopic (exact) mass is 373 g/mol. The van der Waals surface area contributed by atoms with E-state index in [2.05, 4.69) is 26.0 Å². The molecule has 0 heterocycles. The number of amides is 1. The Bertz CT molecular complexity index is 657. The Labute approximate surface area is 133 Å². The van der Waals surface area contributed by atoms with Crippen LogP contribution in [0.1, 0.15) is 5.56 Å². The third-order valence-corrected chi connectivity index (χ3v) is 3.19. The van der Waals surface area contributed by atoms with Gasteiger partial charge in [-0.05, 0) is 29.8 Å². The lowest BCUT2D eigenvalue weighted by Gasteiger charge is -2.13. The van der Waals surface area contributed by atoms with Crippen molar-refractivity contribution in [3.05, 3.63) is 58.6 Å². The van der Waals surface area contributed by atoms with Crippen LogP contribution in [-0.2, 0) is 11.2 Å². The largest absolute Gasteiger partial charge is 0.573 e. The molecule has 7 heteroatoms. The molecule has 3 nitrogen and oxygen atoms in total. The molecule has 1 amide bonds. The van der Waals surface area contributed by atoms with Crippen LogP contribution < -0.4 is 10.1 Å². The number of carbonyl (C=O) groups excluding carboxylic acids is 1. The quantitative estimate of drug-likeness (QED) is 0.854. The Morgan fingerprint density at radius 2 is 1.73 bits per heavy atom. The highest BCUT2D eigenvalue weighted by atomic mass is 79.9. The van der Waals surface area contributed by atoms with Gasteiger partial charge < -0.3 is 10.1 Å². The molecule has 2 aromatic carbocycles. The lowest BCUT2D eigenvalue weighted by atomic mass is 10.1. The predicted molar refractivity (Wildman–Crippen MR) is 79.6 cm³/mol. The summed E-state index contributed by atoms with van der Waals surface area (Å²) < 4.78 is 41.7. The SMILES string of the molecule is O=C(Cc1ccc(Br)cc1)Nc1ccccc1OC(F)(F)F. The third-order valence-electron chi connectivity index (χ3n) is 2.66. The van der Waals surface area contributed by atoms with Crippen molar-refractivity contribution in [2.45, 2.75) is 12.8 Å². The van der Waals surface area contributed by atoms with E-state index in [1.165, 1.54) is 18.2 Å². The summed E-state index contributed by atoms with van der Waals surface area (Å²) in [5.41, 5.74) is 0.719. The first-order valence-corrected chi connectivity index (χ1v) is 7.02. The maximum absolute atomic E-state index is 12.3. The van der Waals surface area contributed by atoms with E-state index >= 15 is 0 Å². The second-order valence-electron chi connectivity index (χ2n) is 4.40. The van der Waals surface area contributed by atoms with Gasteiger partial charge >= 0.3 is 6.36 Å². The minimum absolute atomic E-state index is 0.0260. The molecular formula is C15H11BrF3NO2. The molecule has 22 heavy (non-hydrogen) atoms. The number of ether oxygens (including phenoxy) is 1. The molecule has 0 aromatic heterocycles. The van der Waals surface area contributed by atoms with Gasteiger partial charge in [-0.2, -0.15) is 0 Å². The van der Waals surface area contributed by atoms with Gasteiger partial charge in [0.05, 0.1) is 12.1 Å². The molecular weight excluding hydrogens is 363 g/mol. The molecule has 0 bridgehead atoms. The molecule has 116 valence electrons. The van der Waals surface area contributed by atoms with Crippen LogP contribution in [0.15, 0.2) is 53.0 Å². The molecule has 0 radical (unpaired) electrons. The zero-order valence-electron chi connectivity index (χ0n) is 11.2. The van der Waals surface area contributed by atoms with Crippen molar-refractivity contribution in [1.29, 1.82) is 0 Å². The van der Waals surface area contributed by atoms with Crippen molar-refractivity contribution in [3.63, 3.8) is 0 Å². The summed E-state index contributed by atoms with van der Waals surface area (Å²) in [5.74, 6) is -0.875. The molecule has 0 aliphatic carbocycles. The standard InChI is InChI=1S/C15H11BrF3NO2/c16-11-7-5-10(6-8-11)9-14(21)20-12-3-1-2-4-13(12)22-15(17,18)19/h1-8H,9H2,(H,20,21). The fourth-order valence-electron chi connectivity index (χ4n) is 1.77. The van der Waals surface area contributed by atoms with Gasteiger partial charge in [-0.25, -0.2) is 0 Å². The van der Waals surface area contributed by atoms with Crippen LogP contribution in [0, 0.1) is 0 Å². The lowest BCUT2D eigenvalue weighted by Crippen LogP contribution is -2.20. The second-order valence-corrected chi connectivity index (χ2v) is 5.31. The molecule has 0 aliphatic rings. The highest BCUT2D eigenvalue weighted by molar-refractivity contribution is 9.10. The van der Waals surface area contributed by atoms with E-state index < -0.39 is 18.0 Å². The van der Waals surface area contributed by atoms with E-state index in [-0.39, 0.29) is 12.1 Å². The summed E-state index contributed by atoms with van der Waals surface area (Å²) in [5, 5.41) is 2.42. The zero-order valence-corrected chi connectivity index (χ0v) is 12.7. The van der Waals surface area contributed by atoms with Crippen molar-refractivity contribution in [1.82, 2.24) is 0 Å². The Morgan fingerprint density at radius 3 is 2.36 bits per heavy atom. The van der Waals surface area contributed by atoms with E-state index in [9.17, 15) is 18.0 Å². The molecule has 0 fully saturated rings. The fourth-order valence-corrected chi connectivity index (χ4v) is 2.03. The summed E-state index contributed by atoms with van der Waals surface area (Å²) in [6.07, 6.45) is -4.76. The Kier molecular flexibility index (Phi) is 5.07. The maximum atomic E-state index is 12.3. The minimum atomic E-state index is -4.81. The Balaban J connectivity index is 2.07. The number of alkyl halides is 3. The number of nitrogens with one attached hydrogen (secondary N) is 1. The van der Waals surface area contributed by atoms with Gasteiger partial charge in [-0.15, -0.1) is 13.2 Å². The van der Waals surface area contributed by atoms with Gasteiger partial charge in [0.1, 0.15) is 0 Å². The summed E-state index contributed by atoms with van der Waals surface area (Å²) >= 11 is 3.28. The van der Waals surface area contributed by atoms with Gasteiger partial charge in [0.15, 0.2) is 5.75 Å². The molecule has 2 aromatic rings. The highest BCUT2D eigenvalue weighted by Crippen LogP contribution is 2.30. The number of hydrogen-bond donors (Lipinski definition) is 1. The van der Waals surface area contributed by atoms with Crippen LogP contribution in [-0.4, -0.2) is 12.3 Å². The van der Waals surface area contributed by atoms with Gasteiger partial charge in [0.2, 0.25) is 5.91 Å². The smallest absolute Gasteiger partial charge is 0.404 e. The number of anilines is 1. The molecule has 0 saturated heterocycles. The highest BCUT2D eigenvalue weighted by Gasteiger charge is 2.32. The summed E-state index contributed by atoms with van der Waals surface area (Å²) in [7, 11) is 0. The molecule has 0 saturated carbocycles. The number of hydrogen-bond acceptors (Lipinski definition) is 2. The second kappa shape index (κ2) is 6.83. The molecule has 0 unspecified atom stereocenters. The average molecular weight is 374 g/mol. The first-order valence-electron chi connectivity index (χ1n) is 6.22. The number of rotatable bonds is 4. The van der Waals surface area contributed by atoms with E-state index in [0.29, 0.717) is 0 Å². The lowest BCUT2D eigenvalue weighted by molar-refractivity contribution is -0.274. The van der Waals surface area contributed by atoms with Gasteiger partial charge in [-0.3, -0.25) is 4.79 Å². The number of carbonyl (C=O) groups is 1. The van der Waals surface area contributed by atoms with Gasteiger partial charge in [0.25, 0.3) is 0 Å². The molecule has 0 atom stereocenters. The van der Waals surface area contributed by atoms with E-state index in [1.54, 1.807) is 24.3 Å². The number of para-hydroxylation sites is 2. The maximum Gasteiger partial charge on any atom is 0.573 e. The van der Waals surface area contributed by atoms with Crippen LogP contribution in [0.5, 0.6) is 5.75 Å². The fraction of sp³-hybridized carbons (Fsp3) is 0.133. The molecule has 0 aliphatic heterocycles. The van der Waals surface area contributed by atoms with Crippen LogP contribution in [0.3, 0.4) is 0 Å². The molecule has 1 N–H and O–H groups in total. The van der Waals surface area contributed by atoms with Crippen molar-refractivity contribution in [2.24, 2.45) is 0 Å². The van der Waals surface area contributed by atoms with Gasteiger partial charge in [0, 0.05) is 4.47 Å². The molecule has 0 spiro atoms. The normalized spacial score (nSPS) is 11.1. The first kappa shape index (κ1) is 16.4. The minimum Gasteiger partial charge on any atom is -0.404 e. The summed E-state index contributed by atoms with van der Waals surface area (Å²) in [4.78, 5) is 11.9. The Morgan fingerprint density at radius 1 is 1.09 bits per heavy atom. The number of benzene rings is 2. The number of halogens is 4. The average Bonchev–Trinajstić information content (AvgIpc) is 2.42. The van der Waals surface area contributed by atoms with Crippen molar-refractivity contribution >= 4 is 27.5 Å². The first-order chi connectivity index (χ1) is 10.3. The zero-order chi connectivity index (χ0) is 16.2. The summed E-state index contributed by atoms with van der Waals surface area (Å²) in [6.45, 7) is 0. The third kappa shape index (κ3) is 5.07. The predicted octanol–water partition coefficient (Wildman–Crippen LogP) is 4.53. The van der Waals surface area contributed by atoms with Crippen LogP contribution >= 0.6 is 15.9 Å². The van der Waals surface area contributed by atoms with E-state index in [1.807, 2.05) is 0 Å². The van der Waals surface area contributed by atoms with Crippen LogP contribution in [0.4, 0.5) is 18.9 Å². The van der Waals surface area contributed by atoms with E-state index in [4.69, 9.17) is 0 Å². The molecule has 2 rings (SSSR count). The van der Waals surface area contributed by atoms with Crippen molar-refractivity contribution < 1.29 is 22.7 Å². The topological polar surface area (TPSA) is 38.3 Å². The van der Waals surface area contributed by atoms with Crippen LogP contribution in [0.25, 0.3) is 0 Å². The van der Waals surface area contributed by atoms with Crippen molar-refractivity contribution in [2.75, 3.05) is 5.32 Å². The van der Waals surface area contributed by atoms with Gasteiger partial charge in [-0.1, -0.05) is 40.2 Å². The van der Waals surface area contributed by atoms with E-state index in [0.717, 1.165) is 16.1 Å².